The Morgan fingerprint density at radius 2 is 1.81 bits per heavy atom. The van der Waals surface area contributed by atoms with Crippen LogP contribution in [0.1, 0.15) is 113 Å². The SMILES string of the molecule is C=C(C)C1CCC2=C(CCC3(C)C(C(C)CCC=C(C)C)CCC23C)C1(C)CCC(=O)O. The second-order valence-electron chi connectivity index (χ2n) is 12.4. The second kappa shape index (κ2) is 9.15. The van der Waals surface area contributed by atoms with Gasteiger partial charge in [0.25, 0.3) is 0 Å². The molecule has 3 aliphatic rings. The van der Waals surface area contributed by atoms with Crippen LogP contribution in [0.4, 0.5) is 0 Å². The van der Waals surface area contributed by atoms with Gasteiger partial charge < -0.3 is 5.11 Å². The lowest BCUT2D eigenvalue weighted by Gasteiger charge is -2.57. The van der Waals surface area contributed by atoms with Gasteiger partial charge in [-0.3, -0.25) is 4.79 Å². The Balaban J connectivity index is 1.95. The van der Waals surface area contributed by atoms with Gasteiger partial charge in [-0.1, -0.05) is 62.6 Å². The van der Waals surface area contributed by atoms with E-state index in [1.54, 1.807) is 11.1 Å². The van der Waals surface area contributed by atoms with Crippen molar-refractivity contribution < 1.29 is 9.90 Å². The van der Waals surface area contributed by atoms with Crippen molar-refractivity contribution in [2.45, 2.75) is 113 Å². The van der Waals surface area contributed by atoms with Gasteiger partial charge in [-0.05, 0) is 113 Å². The van der Waals surface area contributed by atoms with E-state index in [1.807, 2.05) is 0 Å². The Labute approximate surface area is 197 Å². The maximum Gasteiger partial charge on any atom is 0.303 e. The van der Waals surface area contributed by atoms with Crippen molar-refractivity contribution in [3.8, 4) is 0 Å². The molecule has 0 radical (unpaired) electrons. The summed E-state index contributed by atoms with van der Waals surface area (Å²) in [7, 11) is 0. The molecule has 0 amide bonds. The van der Waals surface area contributed by atoms with Crippen molar-refractivity contribution >= 4 is 5.97 Å². The minimum Gasteiger partial charge on any atom is -0.481 e. The molecule has 2 heteroatoms. The van der Waals surface area contributed by atoms with Gasteiger partial charge >= 0.3 is 5.97 Å². The molecule has 32 heavy (non-hydrogen) atoms. The summed E-state index contributed by atoms with van der Waals surface area (Å²) in [6.45, 7) is 20.9. The predicted octanol–water partition coefficient (Wildman–Crippen LogP) is 8.74. The Hall–Kier alpha value is -1.31. The van der Waals surface area contributed by atoms with Crippen LogP contribution in [-0.2, 0) is 4.79 Å². The summed E-state index contributed by atoms with van der Waals surface area (Å²) < 4.78 is 0. The Morgan fingerprint density at radius 1 is 1.12 bits per heavy atom. The molecule has 0 aliphatic heterocycles. The molecule has 6 atom stereocenters. The van der Waals surface area contributed by atoms with E-state index in [2.05, 4.69) is 61.1 Å². The Morgan fingerprint density at radius 3 is 2.41 bits per heavy atom. The fourth-order valence-corrected chi connectivity index (χ4v) is 8.39. The van der Waals surface area contributed by atoms with E-state index in [1.165, 1.54) is 49.7 Å². The lowest BCUT2D eigenvalue weighted by Crippen LogP contribution is -2.48. The van der Waals surface area contributed by atoms with Crippen LogP contribution >= 0.6 is 0 Å². The van der Waals surface area contributed by atoms with Gasteiger partial charge in [-0.2, -0.15) is 0 Å². The maximum atomic E-state index is 11.5. The topological polar surface area (TPSA) is 37.3 Å². The Kier molecular flexibility index (Phi) is 7.24. The van der Waals surface area contributed by atoms with Crippen molar-refractivity contribution in [3.05, 3.63) is 34.9 Å². The van der Waals surface area contributed by atoms with Crippen LogP contribution in [0.2, 0.25) is 0 Å². The van der Waals surface area contributed by atoms with Crippen molar-refractivity contribution in [1.29, 1.82) is 0 Å². The quantitative estimate of drug-likeness (QED) is 0.383. The van der Waals surface area contributed by atoms with Gasteiger partial charge in [-0.25, -0.2) is 0 Å². The smallest absolute Gasteiger partial charge is 0.303 e. The summed E-state index contributed by atoms with van der Waals surface area (Å²) in [6.07, 6.45) is 13.3. The molecule has 0 aromatic carbocycles. The summed E-state index contributed by atoms with van der Waals surface area (Å²) >= 11 is 0. The van der Waals surface area contributed by atoms with Crippen LogP contribution in [0.5, 0.6) is 0 Å². The first-order valence-electron chi connectivity index (χ1n) is 13.1. The van der Waals surface area contributed by atoms with Crippen molar-refractivity contribution in [2.75, 3.05) is 0 Å². The average molecular weight is 441 g/mol. The number of rotatable bonds is 8. The first-order chi connectivity index (χ1) is 14.9. The van der Waals surface area contributed by atoms with Crippen molar-refractivity contribution in [2.24, 2.45) is 34.0 Å². The molecule has 1 N–H and O–H groups in total. The van der Waals surface area contributed by atoms with Gasteiger partial charge in [0.2, 0.25) is 0 Å². The molecule has 0 spiro atoms. The van der Waals surface area contributed by atoms with Gasteiger partial charge in [0, 0.05) is 6.42 Å². The molecule has 0 aromatic rings. The number of carboxylic acid groups (broad SMARTS) is 1. The van der Waals surface area contributed by atoms with Gasteiger partial charge in [0.05, 0.1) is 0 Å². The molecule has 3 aliphatic carbocycles. The van der Waals surface area contributed by atoms with E-state index in [0.29, 0.717) is 11.3 Å². The highest BCUT2D eigenvalue weighted by molar-refractivity contribution is 5.66. The zero-order valence-electron chi connectivity index (χ0n) is 21.9. The van der Waals surface area contributed by atoms with Crippen LogP contribution in [0.25, 0.3) is 0 Å². The first-order valence-corrected chi connectivity index (χ1v) is 13.1. The summed E-state index contributed by atoms with van der Waals surface area (Å²) in [5.74, 6) is 1.28. The summed E-state index contributed by atoms with van der Waals surface area (Å²) in [4.78, 5) is 11.5. The zero-order valence-corrected chi connectivity index (χ0v) is 21.9. The number of hydrogen-bond donors (Lipinski definition) is 1. The van der Waals surface area contributed by atoms with Crippen LogP contribution in [-0.4, -0.2) is 11.1 Å². The van der Waals surface area contributed by atoms with Crippen LogP contribution in [0, 0.1) is 34.0 Å². The molecule has 180 valence electrons. The first kappa shape index (κ1) is 25.3. The van der Waals surface area contributed by atoms with E-state index < -0.39 is 5.97 Å². The highest BCUT2D eigenvalue weighted by atomic mass is 16.4. The predicted molar refractivity (Wildman–Crippen MR) is 136 cm³/mol. The molecule has 0 aromatic heterocycles. The number of carboxylic acids is 1. The highest BCUT2D eigenvalue weighted by Crippen LogP contribution is 2.71. The number of aliphatic carboxylic acids is 1. The Bertz CT molecular complexity index is 813. The molecule has 6 unspecified atom stereocenters. The number of allylic oxidation sites excluding steroid dienone is 5. The minimum absolute atomic E-state index is 0.0463. The second-order valence-corrected chi connectivity index (χ2v) is 12.4. The van der Waals surface area contributed by atoms with Crippen molar-refractivity contribution in [1.82, 2.24) is 0 Å². The van der Waals surface area contributed by atoms with Gasteiger partial charge in [-0.15, -0.1) is 0 Å². The highest BCUT2D eigenvalue weighted by Gasteiger charge is 2.61. The molecule has 3 rings (SSSR count). The summed E-state index contributed by atoms with van der Waals surface area (Å²) in [6, 6.07) is 0. The molecule has 1 saturated carbocycles. The average Bonchev–Trinajstić information content (AvgIpc) is 2.98. The number of hydrogen-bond acceptors (Lipinski definition) is 1. The third-order valence-corrected chi connectivity index (χ3v) is 10.4. The third-order valence-electron chi connectivity index (χ3n) is 10.4. The fraction of sp³-hybridized carbons (Fsp3) is 0.767. The standard InChI is InChI=1S/C30H48O2/c1-20(2)10-9-11-22(5)24-14-18-30(8)26-13-12-23(21(3)4)28(6,17-16-27(31)32)25(26)15-19-29(24,30)7/h10,22-24H,3,9,11-19H2,1-2,4-8H3,(H,31,32). The molecule has 0 heterocycles. The minimum atomic E-state index is -0.669. The van der Waals surface area contributed by atoms with E-state index in [9.17, 15) is 9.90 Å². The van der Waals surface area contributed by atoms with E-state index in [0.717, 1.165) is 31.1 Å². The van der Waals surface area contributed by atoms with Crippen LogP contribution < -0.4 is 0 Å². The maximum absolute atomic E-state index is 11.5. The normalized spacial score (nSPS) is 37.5. The lowest BCUT2D eigenvalue weighted by molar-refractivity contribution is -0.137. The summed E-state index contributed by atoms with van der Waals surface area (Å²) in [5.41, 5.74) is 6.59. The molecule has 2 nitrogen and oxygen atoms in total. The largest absolute Gasteiger partial charge is 0.481 e. The van der Waals surface area contributed by atoms with Crippen LogP contribution in [0.3, 0.4) is 0 Å². The van der Waals surface area contributed by atoms with Gasteiger partial charge in [0.15, 0.2) is 0 Å². The van der Waals surface area contributed by atoms with E-state index in [-0.39, 0.29) is 17.3 Å². The molecule has 1 fully saturated rings. The molecule has 0 saturated heterocycles. The van der Waals surface area contributed by atoms with Gasteiger partial charge in [0.1, 0.15) is 0 Å². The zero-order chi connectivity index (χ0) is 23.9. The molecular formula is C30H48O2. The van der Waals surface area contributed by atoms with E-state index >= 15 is 0 Å². The van der Waals surface area contributed by atoms with Crippen LogP contribution in [0.15, 0.2) is 34.9 Å². The fourth-order valence-electron chi connectivity index (χ4n) is 8.39. The molecule has 0 bridgehead atoms. The van der Waals surface area contributed by atoms with Crippen molar-refractivity contribution in [3.63, 3.8) is 0 Å². The van der Waals surface area contributed by atoms with E-state index in [4.69, 9.17) is 0 Å². The molecular weight excluding hydrogens is 392 g/mol. The number of carbonyl (C=O) groups is 1. The lowest BCUT2D eigenvalue weighted by atomic mass is 9.47. The number of fused-ring (bicyclic) bond motifs is 2. The summed E-state index contributed by atoms with van der Waals surface area (Å²) in [5, 5.41) is 9.48. The monoisotopic (exact) mass is 440 g/mol. The third kappa shape index (κ3) is 4.16.